The maximum Gasteiger partial charge on any atom is 0.242 e. The van der Waals surface area contributed by atoms with E-state index in [-0.39, 0.29) is 11.3 Å². The van der Waals surface area contributed by atoms with Gasteiger partial charge in [-0.2, -0.15) is 0 Å². The summed E-state index contributed by atoms with van der Waals surface area (Å²) in [4.78, 5) is 26.1. The van der Waals surface area contributed by atoms with Crippen molar-refractivity contribution in [2.24, 2.45) is 0 Å². The number of aromatic nitrogens is 1. The summed E-state index contributed by atoms with van der Waals surface area (Å²) in [6.07, 6.45) is 5.12. The average molecular weight is 270 g/mol. The van der Waals surface area contributed by atoms with Gasteiger partial charge in [-0.15, -0.1) is 0 Å². The molecule has 0 saturated carbocycles. The van der Waals surface area contributed by atoms with Crippen LogP contribution in [0.25, 0.3) is 10.9 Å². The van der Waals surface area contributed by atoms with Crippen LogP contribution in [-0.4, -0.2) is 28.5 Å². The van der Waals surface area contributed by atoms with Crippen molar-refractivity contribution in [3.05, 3.63) is 46.8 Å². The molecule has 2 heterocycles. The molecular formula is C16H18N2O2. The summed E-state index contributed by atoms with van der Waals surface area (Å²) in [5.41, 5.74) is 0.827. The molecule has 1 saturated heterocycles. The quantitative estimate of drug-likeness (QED) is 0.837. The fourth-order valence-corrected chi connectivity index (χ4v) is 2.79. The molecule has 1 aliphatic heterocycles. The van der Waals surface area contributed by atoms with Crippen LogP contribution in [0.1, 0.15) is 19.3 Å². The molecule has 104 valence electrons. The van der Waals surface area contributed by atoms with Crippen LogP contribution in [0.5, 0.6) is 0 Å². The lowest BCUT2D eigenvalue weighted by molar-refractivity contribution is -0.132. The number of fused-ring (bicyclic) bond motifs is 1. The summed E-state index contributed by atoms with van der Waals surface area (Å²) in [7, 11) is 0. The summed E-state index contributed by atoms with van der Waals surface area (Å²) in [6.45, 7) is 2.02. The van der Waals surface area contributed by atoms with Gasteiger partial charge in [0.2, 0.25) is 5.91 Å². The van der Waals surface area contributed by atoms with Crippen molar-refractivity contribution < 1.29 is 4.79 Å². The molecular weight excluding hydrogens is 252 g/mol. The molecule has 2 aromatic rings. The number of para-hydroxylation sites is 1. The fourth-order valence-electron chi connectivity index (χ4n) is 2.79. The van der Waals surface area contributed by atoms with Crippen molar-refractivity contribution in [3.8, 4) is 0 Å². The second kappa shape index (κ2) is 5.49. The summed E-state index contributed by atoms with van der Waals surface area (Å²) < 4.78 is 1.87. The molecule has 20 heavy (non-hydrogen) atoms. The van der Waals surface area contributed by atoms with E-state index in [9.17, 15) is 9.59 Å². The van der Waals surface area contributed by atoms with Crippen molar-refractivity contribution in [1.29, 1.82) is 0 Å². The lowest BCUT2D eigenvalue weighted by Crippen LogP contribution is -2.37. The van der Waals surface area contributed by atoms with Crippen LogP contribution in [-0.2, 0) is 11.3 Å². The van der Waals surface area contributed by atoms with Crippen molar-refractivity contribution in [3.63, 3.8) is 0 Å². The number of likely N-dealkylation sites (tertiary alicyclic amines) is 1. The Morgan fingerprint density at radius 3 is 2.60 bits per heavy atom. The van der Waals surface area contributed by atoms with E-state index in [1.807, 2.05) is 27.7 Å². The molecule has 4 nitrogen and oxygen atoms in total. The monoisotopic (exact) mass is 270 g/mol. The first-order chi connectivity index (χ1) is 9.75. The molecule has 1 aromatic carbocycles. The molecule has 1 fully saturated rings. The summed E-state index contributed by atoms with van der Waals surface area (Å²) >= 11 is 0. The molecule has 3 rings (SSSR count). The first kappa shape index (κ1) is 12.9. The molecule has 0 N–H and O–H groups in total. The van der Waals surface area contributed by atoms with Crippen molar-refractivity contribution in [2.75, 3.05) is 13.1 Å². The molecule has 4 heteroatoms. The van der Waals surface area contributed by atoms with Crippen LogP contribution in [0.2, 0.25) is 0 Å². The molecule has 0 unspecified atom stereocenters. The number of benzene rings is 1. The zero-order chi connectivity index (χ0) is 13.9. The summed E-state index contributed by atoms with van der Waals surface area (Å²) in [5, 5.41) is 0.668. The van der Waals surface area contributed by atoms with Gasteiger partial charge < -0.3 is 9.47 Å². The second-order valence-corrected chi connectivity index (χ2v) is 5.27. The third-order valence-corrected chi connectivity index (χ3v) is 3.90. The van der Waals surface area contributed by atoms with E-state index in [0.29, 0.717) is 11.9 Å². The highest BCUT2D eigenvalue weighted by molar-refractivity contribution is 5.82. The number of hydrogen-bond donors (Lipinski definition) is 0. The van der Waals surface area contributed by atoms with Crippen molar-refractivity contribution in [2.45, 2.75) is 25.8 Å². The minimum absolute atomic E-state index is 0.00210. The van der Waals surface area contributed by atoms with E-state index in [0.717, 1.165) is 31.4 Å². The minimum atomic E-state index is 0.00210. The third-order valence-electron chi connectivity index (χ3n) is 3.90. The van der Waals surface area contributed by atoms with Crippen molar-refractivity contribution >= 4 is 16.8 Å². The Balaban J connectivity index is 1.89. The van der Waals surface area contributed by atoms with E-state index >= 15 is 0 Å². The van der Waals surface area contributed by atoms with E-state index in [2.05, 4.69) is 0 Å². The number of pyridine rings is 1. The first-order valence-corrected chi connectivity index (χ1v) is 7.12. The Morgan fingerprint density at radius 1 is 1.05 bits per heavy atom. The highest BCUT2D eigenvalue weighted by Gasteiger charge is 2.17. The summed E-state index contributed by atoms with van der Waals surface area (Å²) in [6, 6.07) is 8.97. The van der Waals surface area contributed by atoms with Gasteiger partial charge in [0.1, 0.15) is 6.54 Å². The molecule has 1 amide bonds. The van der Waals surface area contributed by atoms with Crippen LogP contribution in [0, 0.1) is 0 Å². The lowest BCUT2D eigenvalue weighted by Gasteiger charge is -2.27. The van der Waals surface area contributed by atoms with Gasteiger partial charge in [0.15, 0.2) is 5.43 Å². The van der Waals surface area contributed by atoms with Gasteiger partial charge in [-0.1, -0.05) is 12.1 Å². The van der Waals surface area contributed by atoms with Gasteiger partial charge in [0.25, 0.3) is 0 Å². The molecule has 1 aromatic heterocycles. The van der Waals surface area contributed by atoms with E-state index in [1.54, 1.807) is 12.3 Å². The SMILES string of the molecule is O=C(Cn1ccc(=O)c2ccccc21)N1CCCCC1. The van der Waals surface area contributed by atoms with Gasteiger partial charge in [0, 0.05) is 30.7 Å². The largest absolute Gasteiger partial charge is 0.341 e. The minimum Gasteiger partial charge on any atom is -0.341 e. The predicted octanol–water partition coefficient (Wildman–Crippen LogP) is 2.01. The van der Waals surface area contributed by atoms with Crippen LogP contribution in [0.4, 0.5) is 0 Å². The Labute approximate surface area is 117 Å². The number of hydrogen-bond acceptors (Lipinski definition) is 2. The van der Waals surface area contributed by atoms with Crippen LogP contribution < -0.4 is 5.43 Å². The van der Waals surface area contributed by atoms with Gasteiger partial charge in [0.05, 0.1) is 5.52 Å². The Hall–Kier alpha value is -2.10. The van der Waals surface area contributed by atoms with Gasteiger partial charge in [-0.25, -0.2) is 0 Å². The standard InChI is InChI=1S/C16H18N2O2/c19-15-8-11-18(14-7-3-2-6-13(14)15)12-16(20)17-9-4-1-5-10-17/h2-3,6-8,11H,1,4-5,9-10,12H2. The smallest absolute Gasteiger partial charge is 0.242 e. The molecule has 1 aliphatic rings. The van der Waals surface area contributed by atoms with Crippen LogP contribution in [0.15, 0.2) is 41.3 Å². The number of piperidine rings is 1. The van der Waals surface area contributed by atoms with Gasteiger partial charge >= 0.3 is 0 Å². The normalized spacial score (nSPS) is 15.5. The molecule has 0 spiro atoms. The maximum atomic E-state index is 12.3. The Bertz CT molecular complexity index is 684. The highest BCUT2D eigenvalue weighted by atomic mass is 16.2. The molecule has 0 radical (unpaired) electrons. The average Bonchev–Trinajstić information content (AvgIpc) is 2.51. The topological polar surface area (TPSA) is 42.3 Å². The predicted molar refractivity (Wildman–Crippen MR) is 78.6 cm³/mol. The van der Waals surface area contributed by atoms with E-state index < -0.39 is 0 Å². The number of carbonyl (C=O) groups excluding carboxylic acids is 1. The molecule has 0 aliphatic carbocycles. The number of amides is 1. The highest BCUT2D eigenvalue weighted by Crippen LogP contribution is 2.12. The maximum absolute atomic E-state index is 12.3. The van der Waals surface area contributed by atoms with Gasteiger partial charge in [-0.05, 0) is 31.4 Å². The zero-order valence-electron chi connectivity index (χ0n) is 11.4. The molecule has 0 bridgehead atoms. The zero-order valence-corrected chi connectivity index (χ0v) is 11.4. The number of carbonyl (C=O) groups is 1. The number of nitrogens with zero attached hydrogens (tertiary/aromatic N) is 2. The van der Waals surface area contributed by atoms with E-state index in [1.165, 1.54) is 12.5 Å². The molecule has 0 atom stereocenters. The number of rotatable bonds is 2. The third kappa shape index (κ3) is 2.46. The Morgan fingerprint density at radius 2 is 1.80 bits per heavy atom. The van der Waals surface area contributed by atoms with Crippen molar-refractivity contribution in [1.82, 2.24) is 9.47 Å². The Kier molecular flexibility index (Phi) is 3.54. The van der Waals surface area contributed by atoms with Crippen LogP contribution in [0.3, 0.4) is 0 Å². The lowest BCUT2D eigenvalue weighted by atomic mass is 10.1. The van der Waals surface area contributed by atoms with Gasteiger partial charge in [-0.3, -0.25) is 9.59 Å². The summed E-state index contributed by atoms with van der Waals surface area (Å²) in [5.74, 6) is 0.138. The fraction of sp³-hybridized carbons (Fsp3) is 0.375. The first-order valence-electron chi connectivity index (χ1n) is 7.12. The van der Waals surface area contributed by atoms with E-state index in [4.69, 9.17) is 0 Å². The second-order valence-electron chi connectivity index (χ2n) is 5.27. The van der Waals surface area contributed by atoms with Crippen LogP contribution >= 0.6 is 0 Å².